The van der Waals surface area contributed by atoms with Crippen LogP contribution in [0.1, 0.15) is 24.8 Å². The molecule has 2 heterocycles. The van der Waals surface area contributed by atoms with Gasteiger partial charge < -0.3 is 24.6 Å². The molecule has 0 spiro atoms. The predicted octanol–water partition coefficient (Wildman–Crippen LogP) is 1.56. The van der Waals surface area contributed by atoms with Crippen molar-refractivity contribution < 1.29 is 19.1 Å². The number of carbonyl (C=O) groups excluding carboxylic acids is 2. The van der Waals surface area contributed by atoms with Crippen molar-refractivity contribution in [2.24, 2.45) is 0 Å². The van der Waals surface area contributed by atoms with Crippen LogP contribution in [0.15, 0.2) is 30.3 Å². The van der Waals surface area contributed by atoms with Gasteiger partial charge in [-0.25, -0.2) is 4.79 Å². The lowest BCUT2D eigenvalue weighted by atomic mass is 9.88. The first kappa shape index (κ1) is 22.1. The molecule has 8 nitrogen and oxygen atoms in total. The molecule has 2 aliphatic heterocycles. The zero-order valence-electron chi connectivity index (χ0n) is 17.5. The van der Waals surface area contributed by atoms with E-state index in [4.69, 9.17) is 9.47 Å². The smallest absolute Gasteiger partial charge is 0.410 e. The quantitative estimate of drug-likeness (QED) is 0.759. The predicted molar refractivity (Wildman–Crippen MR) is 111 cm³/mol. The third-order valence-corrected chi connectivity index (χ3v) is 5.76. The minimum Gasteiger partial charge on any atom is -0.436 e. The molecular weight excluding hydrogens is 384 g/mol. The van der Waals surface area contributed by atoms with E-state index in [9.17, 15) is 14.9 Å². The van der Waals surface area contributed by atoms with Crippen LogP contribution in [0.4, 0.5) is 4.79 Å². The highest BCUT2D eigenvalue weighted by Crippen LogP contribution is 2.22. The molecule has 8 heteroatoms. The summed E-state index contributed by atoms with van der Waals surface area (Å²) in [4.78, 5) is 29.4. The Morgan fingerprint density at radius 3 is 2.50 bits per heavy atom. The van der Waals surface area contributed by atoms with E-state index >= 15 is 0 Å². The fourth-order valence-electron chi connectivity index (χ4n) is 3.71. The van der Waals surface area contributed by atoms with Crippen LogP contribution in [0.3, 0.4) is 0 Å². The maximum absolute atomic E-state index is 13.1. The summed E-state index contributed by atoms with van der Waals surface area (Å²) >= 11 is 0. The van der Waals surface area contributed by atoms with E-state index in [1.807, 2.05) is 37.4 Å². The molecule has 0 aliphatic carbocycles. The number of hydrogen-bond donors (Lipinski definition) is 1. The molecule has 0 saturated carbocycles. The standard InChI is InChI=1S/C22H30N4O4/c1-25-11-9-22(17-23,10-12-25)24-20(27)19(8-7-18-5-3-2-4-6-18)30-21(28)26-13-15-29-16-14-26/h2-6,19H,7-16H2,1H3,(H,24,27). The van der Waals surface area contributed by atoms with Gasteiger partial charge in [0, 0.05) is 26.2 Å². The second-order valence-corrected chi connectivity index (χ2v) is 7.98. The Kier molecular flexibility index (Phi) is 7.66. The van der Waals surface area contributed by atoms with E-state index in [0.717, 1.165) is 18.7 Å². The van der Waals surface area contributed by atoms with Crippen LogP contribution in [0.25, 0.3) is 0 Å². The van der Waals surface area contributed by atoms with Crippen LogP contribution < -0.4 is 5.32 Å². The van der Waals surface area contributed by atoms with Crippen molar-refractivity contribution in [1.29, 1.82) is 5.26 Å². The Morgan fingerprint density at radius 1 is 1.20 bits per heavy atom. The Hall–Kier alpha value is -2.63. The van der Waals surface area contributed by atoms with E-state index in [1.54, 1.807) is 4.90 Å². The molecule has 30 heavy (non-hydrogen) atoms. The SMILES string of the molecule is CN1CCC(C#N)(NC(=O)C(CCc2ccccc2)OC(=O)N2CCOCC2)CC1. The average Bonchev–Trinajstić information content (AvgIpc) is 2.79. The summed E-state index contributed by atoms with van der Waals surface area (Å²) in [5, 5.41) is 12.6. The fourth-order valence-corrected chi connectivity index (χ4v) is 3.71. The molecule has 1 aromatic rings. The number of nitrogens with one attached hydrogen (secondary N) is 1. The highest BCUT2D eigenvalue weighted by molar-refractivity contribution is 5.84. The number of amides is 2. The number of ether oxygens (including phenoxy) is 2. The summed E-state index contributed by atoms with van der Waals surface area (Å²) in [5.74, 6) is -0.404. The van der Waals surface area contributed by atoms with Gasteiger partial charge in [-0.2, -0.15) is 5.26 Å². The van der Waals surface area contributed by atoms with Gasteiger partial charge in [-0.3, -0.25) is 4.79 Å². The lowest BCUT2D eigenvalue weighted by molar-refractivity contribution is -0.132. The van der Waals surface area contributed by atoms with Crippen LogP contribution in [-0.2, 0) is 20.7 Å². The van der Waals surface area contributed by atoms with E-state index in [-0.39, 0.29) is 0 Å². The first-order valence-corrected chi connectivity index (χ1v) is 10.5. The molecule has 2 fully saturated rings. The molecule has 0 bridgehead atoms. The molecule has 1 N–H and O–H groups in total. The van der Waals surface area contributed by atoms with Crippen molar-refractivity contribution in [2.75, 3.05) is 46.4 Å². The van der Waals surface area contributed by atoms with E-state index in [0.29, 0.717) is 52.0 Å². The minimum atomic E-state index is -0.953. The number of aryl methyl sites for hydroxylation is 1. The molecule has 1 aromatic carbocycles. The monoisotopic (exact) mass is 414 g/mol. The number of nitriles is 1. The molecule has 0 aromatic heterocycles. The number of piperidine rings is 1. The largest absolute Gasteiger partial charge is 0.436 e. The number of morpholine rings is 1. The molecule has 0 radical (unpaired) electrons. The molecule has 162 valence electrons. The van der Waals surface area contributed by atoms with Crippen LogP contribution in [0.5, 0.6) is 0 Å². The highest BCUT2D eigenvalue weighted by atomic mass is 16.6. The van der Waals surface area contributed by atoms with Gasteiger partial charge in [0.25, 0.3) is 5.91 Å². The Morgan fingerprint density at radius 2 is 1.87 bits per heavy atom. The van der Waals surface area contributed by atoms with Gasteiger partial charge in [-0.1, -0.05) is 30.3 Å². The summed E-state index contributed by atoms with van der Waals surface area (Å²) in [6, 6.07) is 12.1. The van der Waals surface area contributed by atoms with Crippen molar-refractivity contribution >= 4 is 12.0 Å². The van der Waals surface area contributed by atoms with Crippen molar-refractivity contribution in [3.63, 3.8) is 0 Å². The number of benzene rings is 1. The molecule has 2 aliphatic rings. The first-order chi connectivity index (χ1) is 14.5. The number of hydrogen-bond acceptors (Lipinski definition) is 6. The Labute approximate surface area is 177 Å². The second-order valence-electron chi connectivity index (χ2n) is 7.98. The van der Waals surface area contributed by atoms with Crippen LogP contribution in [-0.4, -0.2) is 79.9 Å². The third kappa shape index (κ3) is 5.94. The lowest BCUT2D eigenvalue weighted by Crippen LogP contribution is -2.57. The number of carbonyl (C=O) groups is 2. The zero-order valence-corrected chi connectivity index (χ0v) is 17.5. The van der Waals surface area contributed by atoms with Crippen molar-refractivity contribution in [3.05, 3.63) is 35.9 Å². The normalized spacial score (nSPS) is 20.1. The van der Waals surface area contributed by atoms with Gasteiger partial charge in [0.05, 0.1) is 19.3 Å². The topological polar surface area (TPSA) is 94.9 Å². The average molecular weight is 415 g/mol. The van der Waals surface area contributed by atoms with Crippen LogP contribution in [0, 0.1) is 11.3 Å². The molecule has 3 rings (SSSR count). The van der Waals surface area contributed by atoms with Gasteiger partial charge in [-0.15, -0.1) is 0 Å². The van der Waals surface area contributed by atoms with Gasteiger partial charge in [0.1, 0.15) is 5.54 Å². The molecular formula is C22H30N4O4. The minimum absolute atomic E-state index is 0.355. The molecule has 1 unspecified atom stereocenters. The Balaban J connectivity index is 1.67. The molecule has 1 atom stereocenters. The van der Waals surface area contributed by atoms with Gasteiger partial charge >= 0.3 is 6.09 Å². The second kappa shape index (κ2) is 10.4. The molecule has 2 saturated heterocycles. The van der Waals surface area contributed by atoms with E-state index in [1.165, 1.54) is 0 Å². The van der Waals surface area contributed by atoms with Crippen molar-refractivity contribution in [1.82, 2.24) is 15.1 Å². The van der Waals surface area contributed by atoms with E-state index < -0.39 is 23.6 Å². The first-order valence-electron chi connectivity index (χ1n) is 10.5. The number of likely N-dealkylation sites (tertiary alicyclic amines) is 1. The van der Waals surface area contributed by atoms with Gasteiger partial charge in [0.15, 0.2) is 6.10 Å². The Bertz CT molecular complexity index is 750. The summed E-state index contributed by atoms with van der Waals surface area (Å²) in [6.45, 7) is 3.27. The number of nitrogens with zero attached hydrogens (tertiary/aromatic N) is 3. The van der Waals surface area contributed by atoms with E-state index in [2.05, 4.69) is 16.3 Å². The van der Waals surface area contributed by atoms with Crippen molar-refractivity contribution in [3.8, 4) is 6.07 Å². The summed E-state index contributed by atoms with van der Waals surface area (Å²) in [5.41, 5.74) is 0.145. The van der Waals surface area contributed by atoms with Gasteiger partial charge in [0.2, 0.25) is 0 Å². The summed E-state index contributed by atoms with van der Waals surface area (Å²) < 4.78 is 10.9. The fraction of sp³-hybridized carbons (Fsp3) is 0.591. The van der Waals surface area contributed by atoms with Gasteiger partial charge in [-0.05, 0) is 38.3 Å². The van der Waals surface area contributed by atoms with Crippen LogP contribution >= 0.6 is 0 Å². The lowest BCUT2D eigenvalue weighted by Gasteiger charge is -2.37. The van der Waals surface area contributed by atoms with Crippen molar-refractivity contribution in [2.45, 2.75) is 37.3 Å². The summed E-state index contributed by atoms with van der Waals surface area (Å²) in [7, 11) is 2.00. The van der Waals surface area contributed by atoms with Crippen LogP contribution in [0.2, 0.25) is 0 Å². The number of rotatable bonds is 6. The molecule has 2 amide bonds. The maximum atomic E-state index is 13.1. The third-order valence-electron chi connectivity index (χ3n) is 5.76. The highest BCUT2D eigenvalue weighted by Gasteiger charge is 2.38. The maximum Gasteiger partial charge on any atom is 0.410 e. The summed E-state index contributed by atoms with van der Waals surface area (Å²) in [6.07, 6.45) is 0.583. The zero-order chi connectivity index (χ0) is 21.4.